The summed E-state index contributed by atoms with van der Waals surface area (Å²) in [6.07, 6.45) is 0. The molecule has 0 aliphatic heterocycles. The van der Waals surface area contributed by atoms with Gasteiger partial charge in [-0.2, -0.15) is 5.10 Å². The van der Waals surface area contributed by atoms with E-state index in [0.717, 1.165) is 11.3 Å². The molecule has 0 atom stereocenters. The standard InChI is InChI=1S/C25H21N3O3/c29-24-16-15-23(19-7-3-1-4-8-19)27-28(24)18-17-26-25(30)20-11-13-22(14-12-20)31-21-9-5-2-6-10-21/h1-16H,17-18H2,(H,26,30). The SMILES string of the molecule is O=C(NCCn1nc(-c2ccccc2)ccc1=O)c1ccc(Oc2ccccc2)cc1. The number of hydrogen-bond acceptors (Lipinski definition) is 4. The Morgan fingerprint density at radius 2 is 1.45 bits per heavy atom. The predicted octanol–water partition coefficient (Wildman–Crippen LogP) is 4.13. The minimum Gasteiger partial charge on any atom is -0.457 e. The lowest BCUT2D eigenvalue weighted by atomic mass is 10.1. The van der Waals surface area contributed by atoms with Crippen LogP contribution in [-0.2, 0) is 6.54 Å². The molecule has 154 valence electrons. The average Bonchev–Trinajstić information content (AvgIpc) is 2.82. The van der Waals surface area contributed by atoms with Crippen molar-refractivity contribution < 1.29 is 9.53 Å². The lowest BCUT2D eigenvalue weighted by molar-refractivity contribution is 0.0951. The highest BCUT2D eigenvalue weighted by Gasteiger charge is 2.07. The van der Waals surface area contributed by atoms with E-state index in [1.54, 1.807) is 30.3 Å². The van der Waals surface area contributed by atoms with Crippen molar-refractivity contribution in [3.05, 3.63) is 113 Å². The molecule has 6 nitrogen and oxygen atoms in total. The molecule has 1 aromatic heterocycles. The van der Waals surface area contributed by atoms with Crippen molar-refractivity contribution in [2.45, 2.75) is 6.54 Å². The summed E-state index contributed by atoms with van der Waals surface area (Å²) in [5.41, 5.74) is 1.94. The molecule has 1 N–H and O–H groups in total. The first-order valence-corrected chi connectivity index (χ1v) is 9.94. The van der Waals surface area contributed by atoms with Crippen LogP contribution in [0.25, 0.3) is 11.3 Å². The molecule has 31 heavy (non-hydrogen) atoms. The van der Waals surface area contributed by atoms with Gasteiger partial charge in [0.15, 0.2) is 0 Å². The molecule has 1 amide bonds. The van der Waals surface area contributed by atoms with Crippen LogP contribution in [0.15, 0.2) is 102 Å². The maximum absolute atomic E-state index is 12.4. The molecule has 1 heterocycles. The Bertz CT molecular complexity index is 1200. The largest absolute Gasteiger partial charge is 0.457 e. The smallest absolute Gasteiger partial charge is 0.266 e. The minimum absolute atomic E-state index is 0.212. The fourth-order valence-corrected chi connectivity index (χ4v) is 3.05. The highest BCUT2D eigenvalue weighted by Crippen LogP contribution is 2.21. The zero-order chi connectivity index (χ0) is 21.5. The molecule has 6 heteroatoms. The summed E-state index contributed by atoms with van der Waals surface area (Å²) in [5.74, 6) is 1.16. The summed E-state index contributed by atoms with van der Waals surface area (Å²) >= 11 is 0. The number of nitrogens with one attached hydrogen (secondary N) is 1. The van der Waals surface area contributed by atoms with Crippen LogP contribution in [0, 0.1) is 0 Å². The monoisotopic (exact) mass is 411 g/mol. The summed E-state index contributed by atoms with van der Waals surface area (Å²) < 4.78 is 7.10. The van der Waals surface area contributed by atoms with Gasteiger partial charge in [-0.05, 0) is 42.5 Å². The molecule has 0 aliphatic rings. The zero-order valence-electron chi connectivity index (χ0n) is 16.8. The summed E-state index contributed by atoms with van der Waals surface area (Å²) in [6.45, 7) is 0.562. The van der Waals surface area contributed by atoms with E-state index in [1.165, 1.54) is 10.7 Å². The number of carbonyl (C=O) groups is 1. The quantitative estimate of drug-likeness (QED) is 0.496. The lowest BCUT2D eigenvalue weighted by Gasteiger charge is -2.09. The fourth-order valence-electron chi connectivity index (χ4n) is 3.05. The molecule has 3 aromatic carbocycles. The van der Waals surface area contributed by atoms with Crippen LogP contribution in [0.2, 0.25) is 0 Å². The first kappa shape index (κ1) is 20.1. The first-order chi connectivity index (χ1) is 15.2. The number of amides is 1. The molecule has 0 unspecified atom stereocenters. The molecule has 0 aliphatic carbocycles. The van der Waals surface area contributed by atoms with E-state index in [0.29, 0.717) is 17.0 Å². The van der Waals surface area contributed by atoms with E-state index in [2.05, 4.69) is 10.4 Å². The summed E-state index contributed by atoms with van der Waals surface area (Å²) in [6, 6.07) is 29.2. The van der Waals surface area contributed by atoms with Gasteiger partial charge in [0.1, 0.15) is 11.5 Å². The van der Waals surface area contributed by atoms with Crippen LogP contribution in [0.1, 0.15) is 10.4 Å². The summed E-state index contributed by atoms with van der Waals surface area (Å²) in [7, 11) is 0. The molecular formula is C25H21N3O3. The molecule has 4 aromatic rings. The number of hydrogen-bond donors (Lipinski definition) is 1. The predicted molar refractivity (Wildman–Crippen MR) is 119 cm³/mol. The number of carbonyl (C=O) groups excluding carboxylic acids is 1. The van der Waals surface area contributed by atoms with Crippen LogP contribution in [0.4, 0.5) is 0 Å². The summed E-state index contributed by atoms with van der Waals surface area (Å²) in [4.78, 5) is 24.5. The van der Waals surface area contributed by atoms with E-state index in [-0.39, 0.29) is 24.6 Å². The lowest BCUT2D eigenvalue weighted by Crippen LogP contribution is -2.31. The molecule has 0 spiro atoms. The number of aromatic nitrogens is 2. The van der Waals surface area contributed by atoms with Crippen molar-refractivity contribution in [1.82, 2.24) is 15.1 Å². The number of rotatable bonds is 7. The Labute approximate surface area is 179 Å². The van der Waals surface area contributed by atoms with Crippen molar-refractivity contribution in [2.24, 2.45) is 0 Å². The van der Waals surface area contributed by atoms with Crippen LogP contribution < -0.4 is 15.6 Å². The molecular weight excluding hydrogens is 390 g/mol. The number of para-hydroxylation sites is 1. The van der Waals surface area contributed by atoms with Gasteiger partial charge in [0.25, 0.3) is 11.5 Å². The molecule has 0 bridgehead atoms. The zero-order valence-corrected chi connectivity index (χ0v) is 16.8. The van der Waals surface area contributed by atoms with E-state index in [4.69, 9.17) is 4.74 Å². The summed E-state index contributed by atoms with van der Waals surface area (Å²) in [5, 5.41) is 7.22. The Kier molecular flexibility index (Phi) is 6.18. The second-order valence-electron chi connectivity index (χ2n) is 6.84. The molecule has 0 radical (unpaired) electrons. The van der Waals surface area contributed by atoms with Crippen molar-refractivity contribution in [1.29, 1.82) is 0 Å². The highest BCUT2D eigenvalue weighted by molar-refractivity contribution is 5.94. The van der Waals surface area contributed by atoms with E-state index >= 15 is 0 Å². The molecule has 0 saturated carbocycles. The van der Waals surface area contributed by atoms with Crippen LogP contribution in [-0.4, -0.2) is 22.2 Å². The maximum Gasteiger partial charge on any atom is 0.266 e. The third kappa shape index (κ3) is 5.25. The maximum atomic E-state index is 12.4. The Morgan fingerprint density at radius 3 is 2.16 bits per heavy atom. The number of benzene rings is 3. The van der Waals surface area contributed by atoms with Gasteiger partial charge in [-0.3, -0.25) is 9.59 Å². The Hall–Kier alpha value is -4.19. The highest BCUT2D eigenvalue weighted by atomic mass is 16.5. The van der Waals surface area contributed by atoms with Gasteiger partial charge in [-0.25, -0.2) is 4.68 Å². The molecule has 0 fully saturated rings. The average molecular weight is 411 g/mol. The van der Waals surface area contributed by atoms with Gasteiger partial charge in [0, 0.05) is 23.7 Å². The second-order valence-corrected chi connectivity index (χ2v) is 6.84. The van der Waals surface area contributed by atoms with Crippen LogP contribution in [0.3, 0.4) is 0 Å². The van der Waals surface area contributed by atoms with E-state index < -0.39 is 0 Å². The van der Waals surface area contributed by atoms with Crippen molar-refractivity contribution in [3.63, 3.8) is 0 Å². The molecule has 0 saturated heterocycles. The third-order valence-electron chi connectivity index (χ3n) is 4.64. The van der Waals surface area contributed by atoms with Crippen molar-refractivity contribution in [3.8, 4) is 22.8 Å². The van der Waals surface area contributed by atoms with E-state index in [1.807, 2.05) is 60.7 Å². The third-order valence-corrected chi connectivity index (χ3v) is 4.64. The van der Waals surface area contributed by atoms with Gasteiger partial charge in [-0.1, -0.05) is 48.5 Å². The first-order valence-electron chi connectivity index (χ1n) is 9.94. The van der Waals surface area contributed by atoms with Crippen molar-refractivity contribution in [2.75, 3.05) is 6.54 Å². The van der Waals surface area contributed by atoms with Crippen LogP contribution in [0.5, 0.6) is 11.5 Å². The number of ether oxygens (including phenoxy) is 1. The second kappa shape index (κ2) is 9.54. The van der Waals surface area contributed by atoms with Crippen molar-refractivity contribution >= 4 is 5.91 Å². The van der Waals surface area contributed by atoms with Gasteiger partial charge < -0.3 is 10.1 Å². The van der Waals surface area contributed by atoms with Gasteiger partial charge in [0.2, 0.25) is 0 Å². The Morgan fingerprint density at radius 1 is 0.806 bits per heavy atom. The normalized spacial score (nSPS) is 10.5. The number of nitrogens with zero attached hydrogens (tertiary/aromatic N) is 2. The van der Waals surface area contributed by atoms with E-state index in [9.17, 15) is 9.59 Å². The van der Waals surface area contributed by atoms with Gasteiger partial charge >= 0.3 is 0 Å². The fraction of sp³-hybridized carbons (Fsp3) is 0.0800. The topological polar surface area (TPSA) is 73.2 Å². The van der Waals surface area contributed by atoms with Gasteiger partial charge in [0.05, 0.1) is 12.2 Å². The van der Waals surface area contributed by atoms with Gasteiger partial charge in [-0.15, -0.1) is 0 Å². The Balaban J connectivity index is 1.34. The molecule has 4 rings (SSSR count). The minimum atomic E-state index is -0.224. The van der Waals surface area contributed by atoms with Crippen LogP contribution >= 0.6 is 0 Å².